The molecule has 6 nitrogen and oxygen atoms in total. The minimum absolute atomic E-state index is 0.0316. The highest BCUT2D eigenvalue weighted by atomic mass is 32.2. The van der Waals surface area contributed by atoms with Crippen LogP contribution < -0.4 is 10.9 Å². The Hall–Kier alpha value is -3.42. The molecule has 0 spiro atoms. The third kappa shape index (κ3) is 5.86. The molecule has 0 aliphatic carbocycles. The molecule has 1 N–H and O–H groups in total. The third-order valence-electron chi connectivity index (χ3n) is 6.51. The van der Waals surface area contributed by atoms with E-state index >= 15 is 0 Å². The van der Waals surface area contributed by atoms with Crippen LogP contribution in [0.4, 0.5) is 0 Å². The summed E-state index contributed by atoms with van der Waals surface area (Å²) >= 11 is 1.32. The first-order valence-corrected chi connectivity index (χ1v) is 13.3. The number of hydrogen-bond donors (Lipinski definition) is 1. The Morgan fingerprint density at radius 2 is 1.69 bits per heavy atom. The lowest BCUT2D eigenvalue weighted by molar-refractivity contribution is -0.119. The normalized spacial score (nSPS) is 15.9. The van der Waals surface area contributed by atoms with Crippen molar-refractivity contribution in [2.45, 2.75) is 37.6 Å². The molecule has 1 aromatic heterocycles. The number of carbonyl (C=O) groups excluding carboxylic acids is 1. The molecule has 1 fully saturated rings. The van der Waals surface area contributed by atoms with Gasteiger partial charge in [-0.15, -0.1) is 0 Å². The van der Waals surface area contributed by atoms with Crippen molar-refractivity contribution in [3.8, 4) is 0 Å². The Labute approximate surface area is 215 Å². The summed E-state index contributed by atoms with van der Waals surface area (Å²) in [5.74, 6) is 0.185. The smallest absolute Gasteiger partial charge is 0.262 e. The largest absolute Gasteiger partial charge is 0.351 e. The van der Waals surface area contributed by atoms with Crippen LogP contribution in [0.25, 0.3) is 10.9 Å². The molecule has 3 aromatic carbocycles. The Balaban J connectivity index is 1.25. The standard InChI is InChI=1S/C29H30N4O2S/c1-21-11-13-23(14-12-21)18-33-28(35)25-9-5-6-10-26(25)31-29(33)36-20-27(34)30-24-15-16-32(19-24)17-22-7-3-2-4-8-22/h2-14,24H,15-20H2,1H3,(H,30,34)/t24-/m0/s1. The monoisotopic (exact) mass is 498 g/mol. The van der Waals surface area contributed by atoms with E-state index in [0.717, 1.165) is 31.6 Å². The number of rotatable bonds is 8. The Kier molecular flexibility index (Phi) is 7.49. The number of fused-ring (bicyclic) bond motifs is 1. The number of likely N-dealkylation sites (tertiary alicyclic amines) is 1. The lowest BCUT2D eigenvalue weighted by Crippen LogP contribution is -2.38. The summed E-state index contributed by atoms with van der Waals surface area (Å²) in [6.07, 6.45) is 0.940. The predicted octanol–water partition coefficient (Wildman–Crippen LogP) is 4.24. The topological polar surface area (TPSA) is 67.2 Å². The highest BCUT2D eigenvalue weighted by Gasteiger charge is 2.24. The van der Waals surface area contributed by atoms with Gasteiger partial charge in [0.1, 0.15) is 0 Å². The minimum atomic E-state index is -0.0866. The predicted molar refractivity (Wildman–Crippen MR) is 145 cm³/mol. The fraction of sp³-hybridized carbons (Fsp3) is 0.276. The fourth-order valence-corrected chi connectivity index (χ4v) is 5.42. The number of aryl methyl sites for hydroxylation is 1. The molecule has 4 aromatic rings. The SMILES string of the molecule is Cc1ccc(Cn2c(SCC(=O)N[C@H]3CCN(Cc4ccccc4)C3)nc3ccccc3c2=O)cc1. The average Bonchev–Trinajstić information content (AvgIpc) is 3.33. The van der Waals surface area contributed by atoms with Gasteiger partial charge in [-0.05, 0) is 36.6 Å². The highest BCUT2D eigenvalue weighted by molar-refractivity contribution is 7.99. The molecule has 1 amide bonds. The maximum absolute atomic E-state index is 13.3. The second kappa shape index (κ2) is 11.1. The van der Waals surface area contributed by atoms with Crippen molar-refractivity contribution in [1.82, 2.24) is 19.8 Å². The van der Waals surface area contributed by atoms with E-state index in [0.29, 0.717) is 22.6 Å². The van der Waals surface area contributed by atoms with Gasteiger partial charge in [0.2, 0.25) is 5.91 Å². The van der Waals surface area contributed by atoms with Crippen LogP contribution in [-0.2, 0) is 17.9 Å². The third-order valence-corrected chi connectivity index (χ3v) is 7.48. The van der Waals surface area contributed by atoms with Crippen LogP contribution in [-0.4, -0.2) is 45.2 Å². The van der Waals surface area contributed by atoms with Gasteiger partial charge in [-0.2, -0.15) is 0 Å². The van der Waals surface area contributed by atoms with Crippen LogP contribution >= 0.6 is 11.8 Å². The van der Waals surface area contributed by atoms with E-state index in [-0.39, 0.29) is 23.3 Å². The molecule has 1 aliphatic rings. The number of aromatic nitrogens is 2. The van der Waals surface area contributed by atoms with Crippen LogP contribution in [0, 0.1) is 6.92 Å². The van der Waals surface area contributed by atoms with Crippen LogP contribution in [0.3, 0.4) is 0 Å². The molecule has 184 valence electrons. The van der Waals surface area contributed by atoms with Crippen molar-refractivity contribution in [3.63, 3.8) is 0 Å². The summed E-state index contributed by atoms with van der Waals surface area (Å²) in [6, 6.07) is 26.1. The second-order valence-electron chi connectivity index (χ2n) is 9.35. The van der Waals surface area contributed by atoms with E-state index in [2.05, 4.69) is 34.5 Å². The van der Waals surface area contributed by atoms with E-state index < -0.39 is 0 Å². The van der Waals surface area contributed by atoms with E-state index in [4.69, 9.17) is 4.98 Å². The van der Waals surface area contributed by atoms with E-state index in [1.807, 2.05) is 55.5 Å². The van der Waals surface area contributed by atoms with Crippen LogP contribution in [0.15, 0.2) is 88.8 Å². The van der Waals surface area contributed by atoms with Crippen molar-refractivity contribution in [1.29, 1.82) is 0 Å². The van der Waals surface area contributed by atoms with Gasteiger partial charge in [0.15, 0.2) is 5.16 Å². The van der Waals surface area contributed by atoms with Crippen molar-refractivity contribution >= 4 is 28.6 Å². The number of thioether (sulfide) groups is 1. The Morgan fingerprint density at radius 1 is 0.972 bits per heavy atom. The van der Waals surface area contributed by atoms with Crippen molar-refractivity contribution in [2.75, 3.05) is 18.8 Å². The minimum Gasteiger partial charge on any atom is -0.351 e. The molecular weight excluding hydrogens is 468 g/mol. The number of benzene rings is 3. The number of hydrogen-bond acceptors (Lipinski definition) is 5. The molecular formula is C29H30N4O2S. The van der Waals surface area contributed by atoms with E-state index in [1.54, 1.807) is 10.6 Å². The molecule has 0 unspecified atom stereocenters. The summed E-state index contributed by atoms with van der Waals surface area (Å²) in [4.78, 5) is 33.3. The van der Waals surface area contributed by atoms with Gasteiger partial charge in [-0.1, -0.05) is 84.1 Å². The average molecular weight is 499 g/mol. The summed E-state index contributed by atoms with van der Waals surface area (Å²) in [5.41, 5.74) is 4.04. The summed E-state index contributed by atoms with van der Waals surface area (Å²) in [6.45, 7) is 5.16. The maximum atomic E-state index is 13.3. The quantitative estimate of drug-likeness (QED) is 0.291. The molecule has 0 saturated carbocycles. The van der Waals surface area contributed by atoms with Crippen molar-refractivity contribution < 1.29 is 4.79 Å². The van der Waals surface area contributed by atoms with Crippen LogP contribution in [0.1, 0.15) is 23.1 Å². The summed E-state index contributed by atoms with van der Waals surface area (Å²) < 4.78 is 1.68. The van der Waals surface area contributed by atoms with E-state index in [9.17, 15) is 9.59 Å². The van der Waals surface area contributed by atoms with Gasteiger partial charge in [0, 0.05) is 25.7 Å². The first-order valence-electron chi connectivity index (χ1n) is 12.3. The number of nitrogens with zero attached hydrogens (tertiary/aromatic N) is 3. The zero-order chi connectivity index (χ0) is 24.9. The second-order valence-corrected chi connectivity index (χ2v) is 10.3. The Morgan fingerprint density at radius 3 is 2.50 bits per heavy atom. The molecule has 1 saturated heterocycles. The zero-order valence-corrected chi connectivity index (χ0v) is 21.2. The molecule has 36 heavy (non-hydrogen) atoms. The number of nitrogens with one attached hydrogen (secondary N) is 1. The number of amides is 1. The first kappa shape index (κ1) is 24.3. The van der Waals surface area contributed by atoms with Crippen LogP contribution in [0.2, 0.25) is 0 Å². The molecule has 1 atom stereocenters. The molecule has 0 bridgehead atoms. The molecule has 7 heteroatoms. The van der Waals surface area contributed by atoms with Gasteiger partial charge < -0.3 is 5.32 Å². The van der Waals surface area contributed by atoms with Crippen molar-refractivity contribution in [2.24, 2.45) is 0 Å². The van der Waals surface area contributed by atoms with E-state index in [1.165, 1.54) is 22.9 Å². The maximum Gasteiger partial charge on any atom is 0.262 e. The molecule has 5 rings (SSSR count). The summed E-state index contributed by atoms with van der Waals surface area (Å²) in [7, 11) is 0. The van der Waals surface area contributed by atoms with Gasteiger partial charge in [0.25, 0.3) is 5.56 Å². The number of para-hydroxylation sites is 1. The first-order chi connectivity index (χ1) is 17.5. The van der Waals surface area contributed by atoms with Crippen molar-refractivity contribution in [3.05, 3.63) is 106 Å². The van der Waals surface area contributed by atoms with Crippen LogP contribution in [0.5, 0.6) is 0 Å². The molecule has 0 radical (unpaired) electrons. The van der Waals surface area contributed by atoms with Gasteiger partial charge >= 0.3 is 0 Å². The molecule has 1 aliphatic heterocycles. The molecule has 2 heterocycles. The Bertz CT molecular complexity index is 1400. The highest BCUT2D eigenvalue weighted by Crippen LogP contribution is 2.20. The van der Waals surface area contributed by atoms with Gasteiger partial charge in [-0.3, -0.25) is 19.1 Å². The lowest BCUT2D eigenvalue weighted by atomic mass is 10.1. The zero-order valence-electron chi connectivity index (χ0n) is 20.4. The van der Waals surface area contributed by atoms with Gasteiger partial charge in [0.05, 0.1) is 23.2 Å². The fourth-order valence-electron chi connectivity index (χ4n) is 4.61. The van der Waals surface area contributed by atoms with Gasteiger partial charge in [-0.25, -0.2) is 4.98 Å². The lowest BCUT2D eigenvalue weighted by Gasteiger charge is -2.17. The number of carbonyl (C=O) groups is 1. The summed E-state index contributed by atoms with van der Waals surface area (Å²) in [5, 5.41) is 4.32.